The van der Waals surface area contributed by atoms with Crippen molar-refractivity contribution in [2.24, 2.45) is 0 Å². The van der Waals surface area contributed by atoms with Crippen molar-refractivity contribution in [2.75, 3.05) is 17.7 Å². The number of thioether (sulfide) groups is 1. The molecule has 0 aromatic heterocycles. The number of hydrogen-bond acceptors (Lipinski definition) is 1. The highest BCUT2D eigenvalue weighted by molar-refractivity contribution is 8.01. The van der Waals surface area contributed by atoms with E-state index in [1.165, 1.54) is 33.6 Å². The zero-order valence-electron chi connectivity index (χ0n) is 14.5. The minimum Gasteiger partial charge on any atom is -1.00 e. The molecule has 0 N–H and O–H groups in total. The minimum absolute atomic E-state index is 0. The van der Waals surface area contributed by atoms with E-state index in [4.69, 9.17) is 0 Å². The van der Waals surface area contributed by atoms with Gasteiger partial charge in [-0.3, -0.25) is 0 Å². The summed E-state index contributed by atoms with van der Waals surface area (Å²) in [6.07, 6.45) is 1.21. The predicted octanol–water partition coefficient (Wildman–Crippen LogP) is 1.74. The van der Waals surface area contributed by atoms with E-state index in [0.29, 0.717) is 0 Å². The van der Waals surface area contributed by atoms with Gasteiger partial charge in [0.2, 0.25) is 0 Å². The van der Waals surface area contributed by atoms with Gasteiger partial charge < -0.3 is 24.0 Å². The van der Waals surface area contributed by atoms with Gasteiger partial charge in [-0.1, -0.05) is 61.5 Å². The fraction of sp³-hybridized carbons (Fsp3) is 0.182. The van der Waals surface area contributed by atoms with Crippen molar-refractivity contribution in [3.05, 3.63) is 91.0 Å². The Morgan fingerprint density at radius 1 is 0.640 bits per heavy atom. The molecule has 0 amide bonds. The highest BCUT2D eigenvalue weighted by atomic mass is 127. The van der Waals surface area contributed by atoms with Gasteiger partial charge in [-0.15, -0.1) is 0 Å². The molecule has 3 heteroatoms. The summed E-state index contributed by atoms with van der Waals surface area (Å²) in [6, 6.07) is 33.4. The normalized spacial score (nSPS) is 10.9. The summed E-state index contributed by atoms with van der Waals surface area (Å²) in [7, 11) is -1.60. The SMILES string of the molecule is CCSCC[P+](c1ccccc1)(c1ccccc1)c1ccccc1.[I-]. The van der Waals surface area contributed by atoms with Gasteiger partial charge in [-0.2, -0.15) is 11.8 Å². The molecule has 0 spiro atoms. The molecule has 0 saturated heterocycles. The van der Waals surface area contributed by atoms with Crippen molar-refractivity contribution in [3.63, 3.8) is 0 Å². The number of benzene rings is 3. The van der Waals surface area contributed by atoms with Gasteiger partial charge in [0.1, 0.15) is 23.2 Å². The molecule has 0 unspecified atom stereocenters. The smallest absolute Gasteiger partial charge is 0.112 e. The summed E-state index contributed by atoms with van der Waals surface area (Å²) in [6.45, 7) is 2.25. The fourth-order valence-corrected chi connectivity index (χ4v) is 8.84. The Kier molecular flexibility index (Phi) is 8.48. The summed E-state index contributed by atoms with van der Waals surface area (Å²) in [5.74, 6) is 2.38. The molecule has 0 atom stereocenters. The second-order valence-corrected chi connectivity index (χ2v) is 10.7. The average Bonchev–Trinajstić information content (AvgIpc) is 2.68. The van der Waals surface area contributed by atoms with E-state index in [1.54, 1.807) is 0 Å². The van der Waals surface area contributed by atoms with Crippen molar-refractivity contribution in [1.29, 1.82) is 0 Å². The van der Waals surface area contributed by atoms with E-state index in [1.807, 2.05) is 11.8 Å². The van der Waals surface area contributed by atoms with Gasteiger partial charge in [0.05, 0.1) is 6.16 Å². The van der Waals surface area contributed by atoms with Crippen molar-refractivity contribution in [1.82, 2.24) is 0 Å². The first-order chi connectivity index (χ1) is 11.9. The maximum atomic E-state index is 2.32. The van der Waals surface area contributed by atoms with Gasteiger partial charge in [-0.25, -0.2) is 0 Å². The monoisotopic (exact) mass is 478 g/mol. The van der Waals surface area contributed by atoms with Crippen LogP contribution in [-0.2, 0) is 0 Å². The van der Waals surface area contributed by atoms with Crippen molar-refractivity contribution < 1.29 is 24.0 Å². The third-order valence-electron chi connectivity index (χ3n) is 4.37. The zero-order valence-corrected chi connectivity index (χ0v) is 18.4. The van der Waals surface area contributed by atoms with Crippen LogP contribution in [0.15, 0.2) is 91.0 Å². The van der Waals surface area contributed by atoms with Crippen LogP contribution in [0.1, 0.15) is 6.92 Å². The van der Waals surface area contributed by atoms with E-state index < -0.39 is 7.26 Å². The van der Waals surface area contributed by atoms with Gasteiger partial charge in [0, 0.05) is 5.75 Å². The number of hydrogen-bond donors (Lipinski definition) is 0. The third kappa shape index (κ3) is 4.67. The van der Waals surface area contributed by atoms with Crippen LogP contribution in [0.4, 0.5) is 0 Å². The molecule has 130 valence electrons. The summed E-state index contributed by atoms with van der Waals surface area (Å²) in [4.78, 5) is 0. The Hall–Kier alpha value is -0.830. The molecule has 0 aliphatic heterocycles. The molecule has 0 fully saturated rings. The van der Waals surface area contributed by atoms with Crippen LogP contribution >= 0.6 is 19.0 Å². The summed E-state index contributed by atoms with van der Waals surface area (Å²) < 4.78 is 0. The molecule has 0 heterocycles. The predicted molar refractivity (Wildman–Crippen MR) is 113 cm³/mol. The molecule has 0 aliphatic rings. The van der Waals surface area contributed by atoms with Crippen LogP contribution in [0.5, 0.6) is 0 Å². The first-order valence-corrected chi connectivity index (χ1v) is 11.6. The summed E-state index contributed by atoms with van der Waals surface area (Å²) in [5, 5.41) is 4.46. The Labute approximate surface area is 173 Å². The second kappa shape index (κ2) is 10.4. The van der Waals surface area contributed by atoms with Gasteiger partial charge in [0.15, 0.2) is 0 Å². The Bertz CT molecular complexity index is 635. The van der Waals surface area contributed by atoms with Crippen LogP contribution in [0.25, 0.3) is 0 Å². The molecule has 3 aromatic rings. The molecule has 0 bridgehead atoms. The molecule has 0 aliphatic carbocycles. The Morgan fingerprint density at radius 3 is 1.32 bits per heavy atom. The molecule has 3 aromatic carbocycles. The second-order valence-electron chi connectivity index (χ2n) is 5.74. The van der Waals surface area contributed by atoms with Crippen LogP contribution in [0, 0.1) is 0 Å². The van der Waals surface area contributed by atoms with Crippen LogP contribution in [-0.4, -0.2) is 17.7 Å². The molecule has 0 nitrogen and oxygen atoms in total. The largest absolute Gasteiger partial charge is 1.00 e. The molecule has 3 rings (SSSR count). The van der Waals surface area contributed by atoms with Crippen LogP contribution in [0.3, 0.4) is 0 Å². The zero-order chi connectivity index (χ0) is 16.7. The van der Waals surface area contributed by atoms with Gasteiger partial charge in [-0.05, 0) is 42.2 Å². The van der Waals surface area contributed by atoms with Crippen molar-refractivity contribution in [2.45, 2.75) is 6.92 Å². The van der Waals surface area contributed by atoms with Crippen molar-refractivity contribution >= 4 is 34.9 Å². The van der Waals surface area contributed by atoms with Crippen LogP contribution < -0.4 is 39.9 Å². The lowest BCUT2D eigenvalue weighted by molar-refractivity contribution is -0.00000466. The Morgan fingerprint density at radius 2 is 1.00 bits per heavy atom. The summed E-state index contributed by atoms with van der Waals surface area (Å²) >= 11 is 2.05. The number of rotatable bonds is 7. The highest BCUT2D eigenvalue weighted by Crippen LogP contribution is 2.55. The van der Waals surface area contributed by atoms with Crippen LogP contribution in [0.2, 0.25) is 0 Å². The highest BCUT2D eigenvalue weighted by Gasteiger charge is 2.44. The van der Waals surface area contributed by atoms with Gasteiger partial charge >= 0.3 is 0 Å². The van der Waals surface area contributed by atoms with E-state index in [-0.39, 0.29) is 24.0 Å². The first kappa shape index (κ1) is 20.5. The lowest BCUT2D eigenvalue weighted by Gasteiger charge is -2.27. The Balaban J connectivity index is 0.00000225. The van der Waals surface area contributed by atoms with E-state index in [9.17, 15) is 0 Å². The quantitative estimate of drug-likeness (QED) is 0.283. The number of halogens is 1. The topological polar surface area (TPSA) is 0 Å². The maximum absolute atomic E-state index is 2.32. The lowest BCUT2D eigenvalue weighted by Crippen LogP contribution is -3.00. The lowest BCUT2D eigenvalue weighted by atomic mass is 10.4. The minimum atomic E-state index is -1.60. The fourth-order valence-electron chi connectivity index (χ4n) is 3.23. The van der Waals surface area contributed by atoms with E-state index >= 15 is 0 Å². The maximum Gasteiger partial charge on any atom is 0.112 e. The summed E-state index contributed by atoms with van der Waals surface area (Å²) in [5.41, 5.74) is 0. The standard InChI is InChI=1S/C22H24PS.HI/c1-2-24-19-18-23(20-12-6-3-7-13-20,21-14-8-4-9-15-21)22-16-10-5-11-17-22;/h3-17H,2,18-19H2,1H3;1H/q+1;/p-1. The third-order valence-corrected chi connectivity index (χ3v) is 10.0. The molecule has 0 saturated carbocycles. The van der Waals surface area contributed by atoms with E-state index in [2.05, 4.69) is 97.9 Å². The first-order valence-electron chi connectivity index (χ1n) is 8.50. The average molecular weight is 478 g/mol. The van der Waals surface area contributed by atoms with Gasteiger partial charge in [0.25, 0.3) is 0 Å². The van der Waals surface area contributed by atoms with Crippen molar-refractivity contribution in [3.8, 4) is 0 Å². The molecule has 0 radical (unpaired) electrons. The van der Waals surface area contributed by atoms with E-state index in [0.717, 1.165) is 0 Å². The molecular formula is C22H24IPS. The molecular weight excluding hydrogens is 454 g/mol. The molecule has 25 heavy (non-hydrogen) atoms.